The molecule has 0 saturated carbocycles. The monoisotopic (exact) mass is 317 g/mol. The first-order chi connectivity index (χ1) is 11.6. The SMILES string of the molecule is CC(C)c1ccccc1NC(=O)CCc1cccc2ccccc12. The predicted octanol–water partition coefficient (Wildman–Crippen LogP) is 5.53. The fraction of sp³-hybridized carbons (Fsp3) is 0.227. The van der Waals surface area contributed by atoms with E-state index in [1.807, 2.05) is 30.3 Å². The van der Waals surface area contributed by atoms with Crippen LogP contribution in [0.5, 0.6) is 0 Å². The lowest BCUT2D eigenvalue weighted by Gasteiger charge is -2.14. The Balaban J connectivity index is 1.70. The van der Waals surface area contributed by atoms with Crippen molar-refractivity contribution in [2.75, 3.05) is 5.32 Å². The van der Waals surface area contributed by atoms with Gasteiger partial charge in [-0.05, 0) is 40.3 Å². The maximum atomic E-state index is 12.4. The van der Waals surface area contributed by atoms with Crippen LogP contribution in [-0.4, -0.2) is 5.91 Å². The minimum atomic E-state index is 0.0658. The van der Waals surface area contributed by atoms with Gasteiger partial charge in [0.15, 0.2) is 0 Å². The van der Waals surface area contributed by atoms with Crippen molar-refractivity contribution in [3.63, 3.8) is 0 Å². The lowest BCUT2D eigenvalue weighted by molar-refractivity contribution is -0.116. The van der Waals surface area contributed by atoms with Crippen molar-refractivity contribution < 1.29 is 4.79 Å². The summed E-state index contributed by atoms with van der Waals surface area (Å²) in [6, 6.07) is 22.6. The van der Waals surface area contributed by atoms with Crippen LogP contribution in [0.25, 0.3) is 10.8 Å². The Labute approximate surface area is 143 Å². The van der Waals surface area contributed by atoms with Crippen molar-refractivity contribution in [1.29, 1.82) is 0 Å². The van der Waals surface area contributed by atoms with Gasteiger partial charge in [0.25, 0.3) is 0 Å². The lowest BCUT2D eigenvalue weighted by atomic mass is 10.00. The molecular weight excluding hydrogens is 294 g/mol. The number of aryl methyl sites for hydroxylation is 1. The van der Waals surface area contributed by atoms with Gasteiger partial charge in [-0.15, -0.1) is 0 Å². The van der Waals surface area contributed by atoms with Crippen LogP contribution in [-0.2, 0) is 11.2 Å². The van der Waals surface area contributed by atoms with E-state index in [0.717, 1.165) is 12.1 Å². The number of nitrogens with one attached hydrogen (secondary N) is 1. The molecule has 0 aliphatic carbocycles. The molecule has 0 heterocycles. The molecule has 3 aromatic carbocycles. The highest BCUT2D eigenvalue weighted by molar-refractivity contribution is 5.92. The van der Waals surface area contributed by atoms with Crippen LogP contribution in [0.15, 0.2) is 66.7 Å². The van der Waals surface area contributed by atoms with E-state index >= 15 is 0 Å². The molecule has 0 saturated heterocycles. The smallest absolute Gasteiger partial charge is 0.224 e. The number of benzene rings is 3. The van der Waals surface area contributed by atoms with Gasteiger partial charge in [0, 0.05) is 12.1 Å². The van der Waals surface area contributed by atoms with Crippen molar-refractivity contribution in [2.24, 2.45) is 0 Å². The first-order valence-corrected chi connectivity index (χ1v) is 8.50. The molecule has 0 aliphatic rings. The van der Waals surface area contributed by atoms with Crippen molar-refractivity contribution >= 4 is 22.4 Å². The highest BCUT2D eigenvalue weighted by Crippen LogP contribution is 2.24. The number of rotatable bonds is 5. The van der Waals surface area contributed by atoms with Crippen molar-refractivity contribution in [3.8, 4) is 0 Å². The summed E-state index contributed by atoms with van der Waals surface area (Å²) in [6.45, 7) is 4.28. The third kappa shape index (κ3) is 3.65. The average Bonchev–Trinajstić information content (AvgIpc) is 2.60. The number of amides is 1. The van der Waals surface area contributed by atoms with E-state index in [2.05, 4.69) is 55.6 Å². The number of anilines is 1. The normalized spacial score (nSPS) is 11.0. The van der Waals surface area contributed by atoms with E-state index in [4.69, 9.17) is 0 Å². The molecule has 0 unspecified atom stereocenters. The number of hydrogen-bond acceptors (Lipinski definition) is 1. The van der Waals surface area contributed by atoms with Gasteiger partial charge in [0.2, 0.25) is 5.91 Å². The van der Waals surface area contributed by atoms with Crippen molar-refractivity contribution in [3.05, 3.63) is 77.9 Å². The Morgan fingerprint density at radius 1 is 0.917 bits per heavy atom. The molecular formula is C22H23NO. The van der Waals surface area contributed by atoms with E-state index in [0.29, 0.717) is 12.3 Å². The van der Waals surface area contributed by atoms with Gasteiger partial charge >= 0.3 is 0 Å². The van der Waals surface area contributed by atoms with Gasteiger partial charge in [-0.2, -0.15) is 0 Å². The topological polar surface area (TPSA) is 29.1 Å². The van der Waals surface area contributed by atoms with Crippen LogP contribution in [0.2, 0.25) is 0 Å². The molecule has 0 radical (unpaired) electrons. The van der Waals surface area contributed by atoms with Gasteiger partial charge in [0.1, 0.15) is 0 Å². The fourth-order valence-corrected chi connectivity index (χ4v) is 3.09. The zero-order valence-corrected chi connectivity index (χ0v) is 14.3. The highest BCUT2D eigenvalue weighted by Gasteiger charge is 2.10. The molecule has 3 aromatic rings. The van der Waals surface area contributed by atoms with Gasteiger partial charge < -0.3 is 5.32 Å². The zero-order valence-electron chi connectivity index (χ0n) is 14.3. The van der Waals surface area contributed by atoms with Crippen LogP contribution in [0, 0.1) is 0 Å². The second-order valence-electron chi connectivity index (χ2n) is 6.43. The second-order valence-corrected chi connectivity index (χ2v) is 6.43. The molecule has 0 aromatic heterocycles. The summed E-state index contributed by atoms with van der Waals surface area (Å²) in [5.74, 6) is 0.454. The quantitative estimate of drug-likeness (QED) is 0.658. The van der Waals surface area contributed by atoms with Gasteiger partial charge in [-0.3, -0.25) is 4.79 Å². The van der Waals surface area contributed by atoms with Gasteiger partial charge in [-0.25, -0.2) is 0 Å². The molecule has 24 heavy (non-hydrogen) atoms. The predicted molar refractivity (Wildman–Crippen MR) is 101 cm³/mol. The van der Waals surface area contributed by atoms with Crippen LogP contribution >= 0.6 is 0 Å². The second kappa shape index (κ2) is 7.31. The summed E-state index contributed by atoms with van der Waals surface area (Å²) in [7, 11) is 0. The standard InChI is InChI=1S/C22H23NO/c1-16(2)19-11-5-6-13-21(19)23-22(24)15-14-18-10-7-9-17-8-3-4-12-20(17)18/h3-13,16H,14-15H2,1-2H3,(H,23,24). The molecule has 0 aliphatic heterocycles. The van der Waals surface area contributed by atoms with Crippen LogP contribution in [0.1, 0.15) is 37.3 Å². The van der Waals surface area contributed by atoms with E-state index in [1.165, 1.54) is 21.9 Å². The van der Waals surface area contributed by atoms with Gasteiger partial charge in [-0.1, -0.05) is 74.5 Å². The Kier molecular flexibility index (Phi) is 4.95. The molecule has 2 nitrogen and oxygen atoms in total. The minimum Gasteiger partial charge on any atom is -0.326 e. The summed E-state index contributed by atoms with van der Waals surface area (Å²) in [5.41, 5.74) is 3.33. The Bertz CT molecular complexity index is 846. The summed E-state index contributed by atoms with van der Waals surface area (Å²) >= 11 is 0. The largest absolute Gasteiger partial charge is 0.326 e. The average molecular weight is 317 g/mol. The molecule has 1 N–H and O–H groups in total. The van der Waals surface area contributed by atoms with E-state index in [9.17, 15) is 4.79 Å². The molecule has 2 heteroatoms. The third-order valence-electron chi connectivity index (χ3n) is 4.36. The molecule has 0 fully saturated rings. The number of hydrogen-bond donors (Lipinski definition) is 1. The van der Waals surface area contributed by atoms with Gasteiger partial charge in [0.05, 0.1) is 0 Å². The summed E-state index contributed by atoms with van der Waals surface area (Å²) in [4.78, 5) is 12.4. The zero-order chi connectivity index (χ0) is 16.9. The third-order valence-corrected chi connectivity index (χ3v) is 4.36. The van der Waals surface area contributed by atoms with E-state index in [-0.39, 0.29) is 5.91 Å². The van der Waals surface area contributed by atoms with E-state index < -0.39 is 0 Å². The Morgan fingerprint density at radius 3 is 2.46 bits per heavy atom. The maximum absolute atomic E-state index is 12.4. The number of fused-ring (bicyclic) bond motifs is 1. The first-order valence-electron chi connectivity index (χ1n) is 8.50. The number of para-hydroxylation sites is 1. The Hall–Kier alpha value is -2.61. The van der Waals surface area contributed by atoms with E-state index in [1.54, 1.807) is 0 Å². The minimum absolute atomic E-state index is 0.0658. The van der Waals surface area contributed by atoms with Crippen LogP contribution in [0.4, 0.5) is 5.69 Å². The Morgan fingerprint density at radius 2 is 1.62 bits per heavy atom. The van der Waals surface area contributed by atoms with Crippen LogP contribution in [0.3, 0.4) is 0 Å². The molecule has 3 rings (SSSR count). The fourth-order valence-electron chi connectivity index (χ4n) is 3.09. The van der Waals surface area contributed by atoms with Crippen molar-refractivity contribution in [2.45, 2.75) is 32.6 Å². The molecule has 0 spiro atoms. The summed E-state index contributed by atoms with van der Waals surface area (Å²) in [5, 5.41) is 5.53. The number of carbonyl (C=O) groups excluding carboxylic acids is 1. The molecule has 0 bridgehead atoms. The van der Waals surface area contributed by atoms with Crippen molar-refractivity contribution in [1.82, 2.24) is 0 Å². The summed E-state index contributed by atoms with van der Waals surface area (Å²) in [6.07, 6.45) is 1.23. The maximum Gasteiger partial charge on any atom is 0.224 e. The lowest BCUT2D eigenvalue weighted by Crippen LogP contribution is -2.14. The number of carbonyl (C=O) groups is 1. The van der Waals surface area contributed by atoms with Crippen LogP contribution < -0.4 is 5.32 Å². The highest BCUT2D eigenvalue weighted by atomic mass is 16.1. The summed E-state index contributed by atoms with van der Waals surface area (Å²) < 4.78 is 0. The molecule has 122 valence electrons. The first kappa shape index (κ1) is 16.3. The molecule has 0 atom stereocenters. The molecule has 1 amide bonds.